The van der Waals surface area contributed by atoms with Crippen molar-refractivity contribution in [1.29, 1.82) is 0 Å². The second kappa shape index (κ2) is 3.58. The Labute approximate surface area is 99.2 Å². The topological polar surface area (TPSA) is 88.5 Å². The van der Waals surface area contributed by atoms with Gasteiger partial charge in [0.05, 0.1) is 10.6 Å². The summed E-state index contributed by atoms with van der Waals surface area (Å²) in [7, 11) is -7.00. The average Bonchev–Trinajstić information content (AvgIpc) is 2.36. The van der Waals surface area contributed by atoms with E-state index in [9.17, 15) is 21.9 Å². The smallest absolute Gasteiger partial charge is 0.200 e. The lowest BCUT2D eigenvalue weighted by atomic mass is 10.1. The summed E-state index contributed by atoms with van der Waals surface area (Å²) in [6, 6.07) is 4.08. The molecule has 0 aliphatic carbocycles. The van der Waals surface area contributed by atoms with Gasteiger partial charge < -0.3 is 5.11 Å². The molecule has 0 fully saturated rings. The number of fused-ring (bicyclic) bond motifs is 1. The maximum absolute atomic E-state index is 11.7. The van der Waals surface area contributed by atoms with Gasteiger partial charge in [-0.15, -0.1) is 0 Å². The minimum absolute atomic E-state index is 0.0452. The van der Waals surface area contributed by atoms with Crippen LogP contribution in [0, 0.1) is 0 Å². The highest BCUT2D eigenvalue weighted by atomic mass is 32.2. The number of hydrogen-bond donors (Lipinski definition) is 1. The number of aromatic hydroxyl groups is 1. The molecule has 1 aromatic rings. The van der Waals surface area contributed by atoms with E-state index in [0.29, 0.717) is 0 Å². The van der Waals surface area contributed by atoms with Gasteiger partial charge in [-0.2, -0.15) is 0 Å². The quantitative estimate of drug-likeness (QED) is 0.851. The fraction of sp³-hybridized carbons (Fsp3) is 0.200. The van der Waals surface area contributed by atoms with E-state index in [4.69, 9.17) is 0 Å². The van der Waals surface area contributed by atoms with Crippen LogP contribution in [-0.2, 0) is 19.7 Å². The molecule has 1 aromatic carbocycles. The highest BCUT2D eigenvalue weighted by Crippen LogP contribution is 2.39. The van der Waals surface area contributed by atoms with Crippen molar-refractivity contribution in [1.82, 2.24) is 0 Å². The number of rotatable bonds is 2. The van der Waals surface area contributed by atoms with E-state index in [1.54, 1.807) is 0 Å². The molecular formula is C10H10O5S2. The Kier molecular flexibility index (Phi) is 2.55. The lowest BCUT2D eigenvalue weighted by Crippen LogP contribution is -2.04. The minimum atomic E-state index is -3.64. The van der Waals surface area contributed by atoms with Crippen molar-refractivity contribution < 1.29 is 21.9 Å². The highest BCUT2D eigenvalue weighted by Gasteiger charge is 2.30. The van der Waals surface area contributed by atoms with Crippen molar-refractivity contribution >= 4 is 25.2 Å². The Hall–Kier alpha value is -1.34. The lowest BCUT2D eigenvalue weighted by Gasteiger charge is -2.05. The summed E-state index contributed by atoms with van der Waals surface area (Å²) in [6.07, 6.45) is 1.01. The standard InChI is InChI=1S/C10H10O5S2/c1-16(12,13)5-7-6-17(14,15)9-4-2-3-8(11)10(7)9/h2-4,6,11H,5H2,1H3. The zero-order chi connectivity index (χ0) is 12.8. The fourth-order valence-electron chi connectivity index (χ4n) is 1.78. The summed E-state index contributed by atoms with van der Waals surface area (Å²) in [5, 5.41) is 10.5. The minimum Gasteiger partial charge on any atom is -0.507 e. The summed E-state index contributed by atoms with van der Waals surface area (Å²) in [6.45, 7) is 0. The summed E-state index contributed by atoms with van der Waals surface area (Å²) in [4.78, 5) is -0.0452. The predicted octanol–water partition coefficient (Wildman–Crippen LogP) is 0.565. The Morgan fingerprint density at radius 2 is 1.94 bits per heavy atom. The Morgan fingerprint density at radius 1 is 1.29 bits per heavy atom. The number of hydrogen-bond acceptors (Lipinski definition) is 5. The van der Waals surface area contributed by atoms with Gasteiger partial charge in [-0.3, -0.25) is 0 Å². The van der Waals surface area contributed by atoms with Crippen molar-refractivity contribution in [3.05, 3.63) is 29.2 Å². The van der Waals surface area contributed by atoms with Crippen LogP contribution in [0.2, 0.25) is 0 Å². The summed E-state index contributed by atoms with van der Waals surface area (Å²) < 4.78 is 45.8. The van der Waals surface area contributed by atoms with Crippen LogP contribution < -0.4 is 0 Å². The van der Waals surface area contributed by atoms with Gasteiger partial charge in [0.2, 0.25) is 9.84 Å². The van der Waals surface area contributed by atoms with Crippen LogP contribution in [0.3, 0.4) is 0 Å². The van der Waals surface area contributed by atoms with E-state index in [1.165, 1.54) is 18.2 Å². The van der Waals surface area contributed by atoms with Crippen molar-refractivity contribution in [2.75, 3.05) is 12.0 Å². The van der Waals surface area contributed by atoms with Gasteiger partial charge in [0.15, 0.2) is 9.84 Å². The number of phenolic OH excluding ortho intramolecular Hbond substituents is 1. The molecule has 0 amide bonds. The number of phenols is 1. The Bertz CT molecular complexity index is 711. The second-order valence-electron chi connectivity index (χ2n) is 3.91. The number of sulfone groups is 2. The molecule has 0 unspecified atom stereocenters. The molecule has 2 rings (SSSR count). The molecular weight excluding hydrogens is 264 g/mol. The van der Waals surface area contributed by atoms with E-state index >= 15 is 0 Å². The zero-order valence-electron chi connectivity index (χ0n) is 8.91. The van der Waals surface area contributed by atoms with Gasteiger partial charge in [0, 0.05) is 17.2 Å². The Morgan fingerprint density at radius 3 is 2.53 bits per heavy atom. The molecule has 92 valence electrons. The molecule has 7 heteroatoms. The fourth-order valence-corrected chi connectivity index (χ4v) is 4.17. The highest BCUT2D eigenvalue weighted by molar-refractivity contribution is 7.95. The average molecular weight is 274 g/mol. The van der Waals surface area contributed by atoms with Crippen molar-refractivity contribution in [3.63, 3.8) is 0 Å². The lowest BCUT2D eigenvalue weighted by molar-refractivity contribution is 0.471. The second-order valence-corrected chi connectivity index (χ2v) is 7.81. The monoisotopic (exact) mass is 274 g/mol. The van der Waals surface area contributed by atoms with E-state index in [2.05, 4.69) is 0 Å². The molecule has 1 heterocycles. The first-order valence-electron chi connectivity index (χ1n) is 4.66. The predicted molar refractivity (Wildman–Crippen MR) is 63.0 cm³/mol. The van der Waals surface area contributed by atoms with Crippen molar-refractivity contribution in [3.8, 4) is 5.75 Å². The first-order valence-corrected chi connectivity index (χ1v) is 8.27. The summed E-state index contributed by atoms with van der Waals surface area (Å²) in [5.41, 5.74) is 0.207. The SMILES string of the molecule is CS(=O)(=O)CC1=CS(=O)(=O)c2cccc(O)c21. The van der Waals surface area contributed by atoms with Gasteiger partial charge in [0.1, 0.15) is 5.75 Å². The molecule has 1 N–H and O–H groups in total. The van der Waals surface area contributed by atoms with E-state index in [1.807, 2.05) is 0 Å². The van der Waals surface area contributed by atoms with Gasteiger partial charge in [-0.05, 0) is 17.7 Å². The summed E-state index contributed by atoms with van der Waals surface area (Å²) in [5.74, 6) is -0.630. The molecule has 0 atom stereocenters. The molecule has 5 nitrogen and oxygen atoms in total. The van der Waals surface area contributed by atoms with Crippen LogP contribution in [-0.4, -0.2) is 34.0 Å². The van der Waals surface area contributed by atoms with E-state index < -0.39 is 25.4 Å². The van der Waals surface area contributed by atoms with Gasteiger partial charge in [0.25, 0.3) is 0 Å². The molecule has 0 aromatic heterocycles. The largest absolute Gasteiger partial charge is 0.507 e. The van der Waals surface area contributed by atoms with Gasteiger partial charge >= 0.3 is 0 Å². The normalized spacial score (nSPS) is 17.6. The third-order valence-electron chi connectivity index (χ3n) is 2.35. The molecule has 1 aliphatic rings. The third-order valence-corrected chi connectivity index (χ3v) is 4.73. The van der Waals surface area contributed by atoms with Crippen molar-refractivity contribution in [2.24, 2.45) is 0 Å². The summed E-state index contributed by atoms with van der Waals surface area (Å²) >= 11 is 0. The Balaban J connectivity index is 2.68. The van der Waals surface area contributed by atoms with E-state index in [-0.39, 0.29) is 21.8 Å². The maximum atomic E-state index is 11.7. The van der Waals surface area contributed by atoms with Gasteiger partial charge in [-0.25, -0.2) is 16.8 Å². The van der Waals surface area contributed by atoms with Crippen LogP contribution in [0.25, 0.3) is 5.57 Å². The molecule has 0 bridgehead atoms. The first kappa shape index (κ1) is 12.1. The molecule has 0 spiro atoms. The molecule has 1 aliphatic heterocycles. The van der Waals surface area contributed by atoms with Crippen LogP contribution >= 0.6 is 0 Å². The van der Waals surface area contributed by atoms with E-state index in [0.717, 1.165) is 11.7 Å². The third kappa shape index (κ3) is 2.20. The van der Waals surface area contributed by atoms with Crippen LogP contribution in [0.4, 0.5) is 0 Å². The van der Waals surface area contributed by atoms with Gasteiger partial charge in [-0.1, -0.05) is 6.07 Å². The first-order chi connectivity index (χ1) is 7.71. The van der Waals surface area contributed by atoms with Crippen LogP contribution in [0.15, 0.2) is 28.5 Å². The van der Waals surface area contributed by atoms with Crippen molar-refractivity contribution in [2.45, 2.75) is 4.90 Å². The molecule has 0 radical (unpaired) electrons. The number of benzene rings is 1. The van der Waals surface area contributed by atoms with Crippen LogP contribution in [0.5, 0.6) is 5.75 Å². The molecule has 17 heavy (non-hydrogen) atoms. The van der Waals surface area contributed by atoms with Crippen LogP contribution in [0.1, 0.15) is 5.56 Å². The maximum Gasteiger partial charge on any atom is 0.200 e. The zero-order valence-corrected chi connectivity index (χ0v) is 10.5. The molecule has 0 saturated carbocycles. The molecule has 0 saturated heterocycles.